The third-order valence-electron chi connectivity index (χ3n) is 10.2. The molecule has 0 aliphatic carbocycles. The number of unbranched alkanes of at least 4 members (excludes halogenated alkanes) is 34. The molecule has 0 aromatic heterocycles. The molecule has 43 heavy (non-hydrogen) atoms. The van der Waals surface area contributed by atoms with Crippen molar-refractivity contribution in [3.05, 3.63) is 0 Å². The van der Waals surface area contributed by atoms with E-state index in [0.717, 1.165) is 6.04 Å². The summed E-state index contributed by atoms with van der Waals surface area (Å²) in [6.07, 6.45) is 55.6. The molecule has 1 nitrogen and oxygen atoms in total. The number of hydrogen-bond acceptors (Lipinski definition) is 1. The quantitative estimate of drug-likeness (QED) is 0.0687. The molecule has 0 aromatic rings. The Morgan fingerprint density at radius 2 is 0.419 bits per heavy atom. The Balaban J connectivity index is 3.24. The van der Waals surface area contributed by atoms with Gasteiger partial charge >= 0.3 is 0 Å². The minimum Gasteiger partial charge on any atom is -0.317 e. The summed E-state index contributed by atoms with van der Waals surface area (Å²) in [6.45, 7) is 4.62. The van der Waals surface area contributed by atoms with Gasteiger partial charge in [-0.3, -0.25) is 0 Å². The lowest BCUT2D eigenvalue weighted by molar-refractivity contribution is 0.434. The third kappa shape index (κ3) is 38.1. The van der Waals surface area contributed by atoms with Crippen LogP contribution in [-0.2, 0) is 0 Å². The molecule has 260 valence electrons. The lowest BCUT2D eigenvalue weighted by Gasteiger charge is -2.16. The zero-order chi connectivity index (χ0) is 31.2. The highest BCUT2D eigenvalue weighted by atomic mass is 14.9. The van der Waals surface area contributed by atoms with Gasteiger partial charge in [-0.15, -0.1) is 0 Å². The van der Waals surface area contributed by atoms with Crippen LogP contribution >= 0.6 is 0 Å². The van der Waals surface area contributed by atoms with E-state index in [1.165, 1.54) is 244 Å². The monoisotopic (exact) mass is 606 g/mol. The summed E-state index contributed by atoms with van der Waals surface area (Å²) in [5.74, 6) is 0. The molecule has 0 rings (SSSR count). The lowest BCUT2D eigenvalue weighted by Crippen LogP contribution is -2.24. The molecule has 0 aliphatic rings. The fourth-order valence-corrected chi connectivity index (χ4v) is 7.02. The molecule has 0 saturated heterocycles. The second kappa shape index (κ2) is 40.0. The molecule has 0 radical (unpaired) electrons. The van der Waals surface area contributed by atoms with Crippen molar-refractivity contribution in [1.82, 2.24) is 5.32 Å². The van der Waals surface area contributed by atoms with Crippen LogP contribution in [0.15, 0.2) is 0 Å². The van der Waals surface area contributed by atoms with Crippen molar-refractivity contribution in [2.24, 2.45) is 0 Å². The van der Waals surface area contributed by atoms with E-state index < -0.39 is 0 Å². The predicted molar refractivity (Wildman–Crippen MR) is 200 cm³/mol. The smallest absolute Gasteiger partial charge is 0.00640 e. The summed E-state index contributed by atoms with van der Waals surface area (Å²) in [7, 11) is 2.19. The maximum Gasteiger partial charge on any atom is 0.00640 e. The number of hydrogen-bond donors (Lipinski definition) is 1. The molecule has 0 fully saturated rings. The third-order valence-corrected chi connectivity index (χ3v) is 10.2. The van der Waals surface area contributed by atoms with Crippen LogP contribution in [-0.4, -0.2) is 13.1 Å². The normalized spacial score (nSPS) is 11.7. The van der Waals surface area contributed by atoms with E-state index in [1.807, 2.05) is 0 Å². The lowest BCUT2D eigenvalue weighted by atomic mass is 9.99. The van der Waals surface area contributed by atoms with Crippen LogP contribution in [0.25, 0.3) is 0 Å². The van der Waals surface area contributed by atoms with Crippen molar-refractivity contribution in [3.63, 3.8) is 0 Å². The van der Waals surface area contributed by atoms with E-state index >= 15 is 0 Å². The van der Waals surface area contributed by atoms with Crippen LogP contribution < -0.4 is 5.32 Å². The van der Waals surface area contributed by atoms with Crippen LogP contribution in [0.2, 0.25) is 0 Å². The number of nitrogens with one attached hydrogen (secondary N) is 1. The van der Waals surface area contributed by atoms with Crippen molar-refractivity contribution in [2.75, 3.05) is 7.05 Å². The van der Waals surface area contributed by atoms with Gasteiger partial charge in [-0.25, -0.2) is 0 Å². The van der Waals surface area contributed by atoms with Gasteiger partial charge in [0.15, 0.2) is 0 Å². The Morgan fingerprint density at radius 3 is 0.581 bits per heavy atom. The van der Waals surface area contributed by atoms with E-state index in [2.05, 4.69) is 26.2 Å². The van der Waals surface area contributed by atoms with Gasteiger partial charge in [-0.2, -0.15) is 0 Å². The van der Waals surface area contributed by atoms with Gasteiger partial charge in [0.2, 0.25) is 0 Å². The SMILES string of the molecule is CCCCCCCCCCCCCCCCCCCCC(CCCCCCCCCCCCCCCCCCCC)NC. The predicted octanol–water partition coefficient (Wildman–Crippen LogP) is 15.4. The molecule has 0 spiro atoms. The van der Waals surface area contributed by atoms with Crippen LogP contribution in [0, 0.1) is 0 Å². The van der Waals surface area contributed by atoms with Gasteiger partial charge in [-0.1, -0.05) is 245 Å². The van der Waals surface area contributed by atoms with E-state index in [4.69, 9.17) is 0 Å². The van der Waals surface area contributed by atoms with Gasteiger partial charge in [0.05, 0.1) is 0 Å². The minimum absolute atomic E-state index is 0.766. The van der Waals surface area contributed by atoms with Gasteiger partial charge in [0, 0.05) is 6.04 Å². The maximum atomic E-state index is 3.62. The minimum atomic E-state index is 0.766. The molecule has 0 aliphatic heterocycles. The van der Waals surface area contributed by atoms with Crippen LogP contribution in [0.3, 0.4) is 0 Å². The molecular weight excluding hydrogens is 518 g/mol. The Morgan fingerprint density at radius 1 is 0.256 bits per heavy atom. The summed E-state index contributed by atoms with van der Waals surface area (Å²) in [5.41, 5.74) is 0. The standard InChI is InChI=1S/C42H87N/c1-4-6-8-10-12-14-16-18-20-22-24-26-28-30-32-34-36-38-40-42(43-3)41-39-37-35-33-31-29-27-25-23-21-19-17-15-13-11-9-7-5-2/h42-43H,4-41H2,1-3H3. The maximum absolute atomic E-state index is 3.62. The fraction of sp³-hybridized carbons (Fsp3) is 1.00. The summed E-state index contributed by atoms with van der Waals surface area (Å²) < 4.78 is 0. The molecule has 0 bridgehead atoms. The molecule has 0 amide bonds. The van der Waals surface area contributed by atoms with Crippen molar-refractivity contribution in [1.29, 1.82) is 0 Å². The molecule has 0 heterocycles. The highest BCUT2D eigenvalue weighted by Crippen LogP contribution is 2.18. The fourth-order valence-electron chi connectivity index (χ4n) is 7.02. The van der Waals surface area contributed by atoms with E-state index in [-0.39, 0.29) is 0 Å². The summed E-state index contributed by atoms with van der Waals surface area (Å²) >= 11 is 0. The Labute approximate surface area is 275 Å². The number of rotatable bonds is 39. The average molecular weight is 606 g/mol. The molecular formula is C42H87N. The summed E-state index contributed by atoms with van der Waals surface area (Å²) in [4.78, 5) is 0. The zero-order valence-electron chi connectivity index (χ0n) is 30.9. The van der Waals surface area contributed by atoms with Crippen molar-refractivity contribution in [3.8, 4) is 0 Å². The molecule has 0 atom stereocenters. The van der Waals surface area contributed by atoms with Crippen LogP contribution in [0.4, 0.5) is 0 Å². The first-order valence-electron chi connectivity index (χ1n) is 21.0. The van der Waals surface area contributed by atoms with Crippen molar-refractivity contribution in [2.45, 2.75) is 264 Å². The first-order valence-corrected chi connectivity index (χ1v) is 21.0. The van der Waals surface area contributed by atoms with Gasteiger partial charge in [0.25, 0.3) is 0 Å². The Hall–Kier alpha value is -0.0400. The molecule has 1 heteroatoms. The second-order valence-corrected chi connectivity index (χ2v) is 14.6. The van der Waals surface area contributed by atoms with Crippen LogP contribution in [0.5, 0.6) is 0 Å². The molecule has 1 N–H and O–H groups in total. The second-order valence-electron chi connectivity index (χ2n) is 14.6. The van der Waals surface area contributed by atoms with Gasteiger partial charge in [0.1, 0.15) is 0 Å². The first-order chi connectivity index (χ1) is 21.3. The molecule has 0 unspecified atom stereocenters. The average Bonchev–Trinajstić information content (AvgIpc) is 3.02. The Bertz CT molecular complexity index is 420. The Kier molecular flexibility index (Phi) is 39.9. The van der Waals surface area contributed by atoms with Crippen LogP contribution in [0.1, 0.15) is 258 Å². The largest absolute Gasteiger partial charge is 0.317 e. The van der Waals surface area contributed by atoms with Crippen molar-refractivity contribution >= 4 is 0 Å². The highest BCUT2D eigenvalue weighted by Gasteiger charge is 2.05. The summed E-state index contributed by atoms with van der Waals surface area (Å²) in [5, 5.41) is 3.62. The zero-order valence-corrected chi connectivity index (χ0v) is 30.9. The van der Waals surface area contributed by atoms with E-state index in [9.17, 15) is 0 Å². The van der Waals surface area contributed by atoms with Crippen molar-refractivity contribution < 1.29 is 0 Å². The van der Waals surface area contributed by atoms with Gasteiger partial charge in [-0.05, 0) is 19.9 Å². The molecule has 0 aromatic carbocycles. The van der Waals surface area contributed by atoms with Gasteiger partial charge < -0.3 is 5.32 Å². The van der Waals surface area contributed by atoms with E-state index in [1.54, 1.807) is 0 Å². The summed E-state index contributed by atoms with van der Waals surface area (Å²) in [6, 6.07) is 0.766. The highest BCUT2D eigenvalue weighted by molar-refractivity contribution is 4.65. The first kappa shape index (κ1) is 43.0. The molecule has 0 saturated carbocycles. The topological polar surface area (TPSA) is 12.0 Å². The van der Waals surface area contributed by atoms with E-state index in [0.29, 0.717) is 0 Å².